The molecule has 0 unspecified atom stereocenters. The maximum atomic E-state index is 11.7. The van der Waals surface area contributed by atoms with Gasteiger partial charge in [0.1, 0.15) is 0 Å². The van der Waals surface area contributed by atoms with Crippen LogP contribution in [0.2, 0.25) is 0 Å². The Kier molecular flexibility index (Phi) is 2.28. The van der Waals surface area contributed by atoms with Crippen LogP contribution in [-0.2, 0) is 7.05 Å². The lowest BCUT2D eigenvalue weighted by Gasteiger charge is -1.95. The van der Waals surface area contributed by atoms with E-state index in [0.717, 1.165) is 4.57 Å². The highest BCUT2D eigenvalue weighted by atomic mass is 32.2. The molecule has 1 aromatic heterocycles. The Morgan fingerprint density at radius 1 is 1.73 bits per heavy atom. The van der Waals surface area contributed by atoms with E-state index >= 15 is 0 Å². The first-order valence-electron chi connectivity index (χ1n) is 2.67. The monoisotopic (exact) mass is 181 g/mol. The molecule has 1 heterocycles. The summed E-state index contributed by atoms with van der Waals surface area (Å²) in [4.78, 5) is 10.6. The second kappa shape index (κ2) is 3.04. The Balaban J connectivity index is 2.87. The minimum Gasteiger partial charge on any atom is -0.273 e. The van der Waals surface area contributed by atoms with E-state index in [4.69, 9.17) is 0 Å². The number of aromatic amines is 1. The van der Waals surface area contributed by atoms with Gasteiger partial charge in [0, 0.05) is 7.05 Å². The maximum absolute atomic E-state index is 11.7. The summed E-state index contributed by atoms with van der Waals surface area (Å²) < 4.78 is 24.4. The molecule has 0 radical (unpaired) electrons. The lowest BCUT2D eigenvalue weighted by atomic mass is 11.1. The zero-order valence-electron chi connectivity index (χ0n) is 5.54. The number of nitrogens with zero attached hydrogens (tertiary/aromatic N) is 2. The van der Waals surface area contributed by atoms with Gasteiger partial charge in [-0.2, -0.15) is 8.78 Å². The molecular weight excluding hydrogens is 176 g/mol. The van der Waals surface area contributed by atoms with E-state index in [9.17, 15) is 13.6 Å². The Bertz CT molecular complexity index is 294. The first kappa shape index (κ1) is 8.25. The number of aromatic nitrogens is 3. The number of rotatable bonds is 2. The van der Waals surface area contributed by atoms with Crippen LogP contribution in [0, 0.1) is 0 Å². The van der Waals surface area contributed by atoms with E-state index in [0.29, 0.717) is 0 Å². The largest absolute Gasteiger partial charge is 0.343 e. The van der Waals surface area contributed by atoms with Crippen molar-refractivity contribution in [2.75, 3.05) is 0 Å². The fourth-order valence-corrected chi connectivity index (χ4v) is 1.02. The van der Waals surface area contributed by atoms with Crippen molar-refractivity contribution in [3.63, 3.8) is 0 Å². The number of hydrogen-bond donors (Lipinski definition) is 1. The highest BCUT2D eigenvalue weighted by Crippen LogP contribution is 2.20. The van der Waals surface area contributed by atoms with Gasteiger partial charge < -0.3 is 0 Å². The van der Waals surface area contributed by atoms with Crippen LogP contribution in [0.3, 0.4) is 0 Å². The molecule has 0 atom stereocenters. The Labute approximate surface area is 64.6 Å². The summed E-state index contributed by atoms with van der Waals surface area (Å²) in [6, 6.07) is 0. The van der Waals surface area contributed by atoms with Crippen LogP contribution in [0.1, 0.15) is 0 Å². The number of H-pyrrole nitrogens is 1. The zero-order chi connectivity index (χ0) is 8.43. The molecule has 0 aliphatic heterocycles. The predicted molar refractivity (Wildman–Crippen MR) is 35.7 cm³/mol. The standard InChI is InChI=1S/C4H5F2N3OS/c1-9-3(10)7-8-4(9)11-2(5)6/h2H,1H3,(H,7,10). The van der Waals surface area contributed by atoms with Gasteiger partial charge in [-0.15, -0.1) is 5.10 Å². The van der Waals surface area contributed by atoms with Crippen molar-refractivity contribution in [1.29, 1.82) is 0 Å². The van der Waals surface area contributed by atoms with E-state index in [1.54, 1.807) is 0 Å². The summed E-state index contributed by atoms with van der Waals surface area (Å²) in [5.74, 6) is -2.55. The molecule has 1 N–H and O–H groups in total. The van der Waals surface area contributed by atoms with E-state index in [1.807, 2.05) is 5.10 Å². The summed E-state index contributed by atoms with van der Waals surface area (Å²) in [6.07, 6.45) is 0. The molecule has 0 amide bonds. The maximum Gasteiger partial charge on any atom is 0.343 e. The first-order chi connectivity index (χ1) is 5.11. The summed E-state index contributed by atoms with van der Waals surface area (Å²) in [5.41, 5.74) is -0.492. The summed E-state index contributed by atoms with van der Waals surface area (Å²) >= 11 is 0.233. The normalized spacial score (nSPS) is 10.9. The fraction of sp³-hybridized carbons (Fsp3) is 0.500. The van der Waals surface area contributed by atoms with Crippen LogP contribution in [-0.4, -0.2) is 20.5 Å². The third-order valence-corrected chi connectivity index (χ3v) is 1.79. The molecule has 1 rings (SSSR count). The van der Waals surface area contributed by atoms with Crippen LogP contribution < -0.4 is 5.69 Å². The molecule has 0 bridgehead atoms. The van der Waals surface area contributed by atoms with Crippen LogP contribution in [0.5, 0.6) is 0 Å². The van der Waals surface area contributed by atoms with E-state index < -0.39 is 11.4 Å². The van der Waals surface area contributed by atoms with Crippen LogP contribution in [0.4, 0.5) is 8.78 Å². The first-order valence-corrected chi connectivity index (χ1v) is 3.55. The Morgan fingerprint density at radius 3 is 2.73 bits per heavy atom. The number of nitrogens with one attached hydrogen (secondary N) is 1. The van der Waals surface area contributed by atoms with Crippen LogP contribution in [0.25, 0.3) is 0 Å². The summed E-state index contributed by atoms with van der Waals surface area (Å²) in [7, 11) is 1.37. The lowest BCUT2D eigenvalue weighted by Crippen LogP contribution is -2.13. The molecule has 0 aromatic carbocycles. The molecule has 4 nitrogen and oxygen atoms in total. The average molecular weight is 181 g/mol. The van der Waals surface area contributed by atoms with Gasteiger partial charge >= 0.3 is 5.69 Å². The van der Waals surface area contributed by atoms with E-state index in [1.165, 1.54) is 7.05 Å². The molecule has 0 saturated carbocycles. The number of alkyl halides is 2. The van der Waals surface area contributed by atoms with Crippen molar-refractivity contribution < 1.29 is 8.78 Å². The Hall–Kier alpha value is -0.850. The third kappa shape index (κ3) is 1.79. The molecule has 0 fully saturated rings. The van der Waals surface area contributed by atoms with Crippen LogP contribution in [0.15, 0.2) is 9.95 Å². The smallest absolute Gasteiger partial charge is 0.273 e. The molecule has 1 aromatic rings. The number of hydrogen-bond acceptors (Lipinski definition) is 3. The molecule has 7 heteroatoms. The predicted octanol–water partition coefficient (Wildman–Crippen LogP) is 0.423. The quantitative estimate of drug-likeness (QED) is 0.673. The SMILES string of the molecule is Cn1c(SC(F)F)n[nH]c1=O. The second-order valence-electron chi connectivity index (χ2n) is 1.75. The third-order valence-electron chi connectivity index (χ3n) is 1.03. The number of halogens is 2. The van der Waals surface area contributed by atoms with Crippen molar-refractivity contribution >= 4 is 11.8 Å². The van der Waals surface area contributed by atoms with Crippen molar-refractivity contribution in [3.05, 3.63) is 10.5 Å². The van der Waals surface area contributed by atoms with Gasteiger partial charge in [0.15, 0.2) is 5.16 Å². The molecule has 0 spiro atoms. The summed E-state index contributed by atoms with van der Waals surface area (Å²) in [5, 5.41) is 5.40. The fourth-order valence-electron chi connectivity index (χ4n) is 0.518. The molecule has 62 valence electrons. The minimum absolute atomic E-state index is 0.00926. The Morgan fingerprint density at radius 2 is 2.36 bits per heavy atom. The molecule has 11 heavy (non-hydrogen) atoms. The van der Waals surface area contributed by atoms with E-state index in [-0.39, 0.29) is 16.9 Å². The topological polar surface area (TPSA) is 50.7 Å². The number of thioether (sulfide) groups is 1. The molecule has 0 aliphatic carbocycles. The van der Waals surface area contributed by atoms with Crippen molar-refractivity contribution in [2.45, 2.75) is 10.9 Å². The lowest BCUT2D eigenvalue weighted by molar-refractivity contribution is 0.251. The average Bonchev–Trinajstić information content (AvgIpc) is 2.18. The zero-order valence-corrected chi connectivity index (χ0v) is 6.36. The van der Waals surface area contributed by atoms with Gasteiger partial charge in [-0.05, 0) is 11.8 Å². The highest BCUT2D eigenvalue weighted by Gasteiger charge is 2.11. The van der Waals surface area contributed by atoms with Gasteiger partial charge in [0.2, 0.25) is 0 Å². The van der Waals surface area contributed by atoms with Gasteiger partial charge in [-0.1, -0.05) is 0 Å². The van der Waals surface area contributed by atoms with Crippen molar-refractivity contribution in [2.24, 2.45) is 7.05 Å². The second-order valence-corrected chi connectivity index (χ2v) is 2.71. The van der Waals surface area contributed by atoms with E-state index in [2.05, 4.69) is 5.10 Å². The highest BCUT2D eigenvalue weighted by molar-refractivity contribution is 7.99. The van der Waals surface area contributed by atoms with Crippen molar-refractivity contribution in [1.82, 2.24) is 14.8 Å². The minimum atomic E-state index is -2.55. The molecular formula is C4H5F2N3OS. The van der Waals surface area contributed by atoms with Crippen LogP contribution >= 0.6 is 11.8 Å². The van der Waals surface area contributed by atoms with Gasteiger partial charge in [-0.3, -0.25) is 4.57 Å². The van der Waals surface area contributed by atoms with Crippen molar-refractivity contribution in [3.8, 4) is 0 Å². The molecule has 0 saturated heterocycles. The summed E-state index contributed by atoms with van der Waals surface area (Å²) in [6.45, 7) is 0. The molecule has 0 aliphatic rings. The van der Waals surface area contributed by atoms with Gasteiger partial charge in [0.25, 0.3) is 5.76 Å². The van der Waals surface area contributed by atoms with Gasteiger partial charge in [-0.25, -0.2) is 9.89 Å². The van der Waals surface area contributed by atoms with Gasteiger partial charge in [0.05, 0.1) is 0 Å².